The smallest absolute Gasteiger partial charge is 0.343 e. The molecule has 69 heavy (non-hydrogen) atoms. The molecule has 6 amide bonds. The zero-order valence-corrected chi connectivity index (χ0v) is 39.4. The molecule has 1 aromatic carbocycles. The number of carbonyl (C=O) groups is 7. The number of pyridine rings is 2. The standard InChI is InChI=1S/C48H59FN8O12/c1-5-48(66)33-23-37-44-30(25-56(37)46(64)32(33)27-69-47(48)65)31(29-22-38(68-4)34(49)24-36(29)54-44)26-57(2)19-14-28(15-20-57)52-40(59)8-6-16-51-45(63)35(10-11-39(58)50-17-21-67-3)53-41(60)9-7-18-55-42(61)12-13-43(55)62/h12-13,22-24,28,35,66H,5-11,14-21,25-27H2,1-4H3,(H3-,50,51,52,53,58,59,60,63)/p+1/t28?,35-,48-,57?/m0/s1. The molecule has 1 fully saturated rings. The minimum atomic E-state index is -2.00. The number of imide groups is 1. The first-order chi connectivity index (χ1) is 33.0. The Hall–Kier alpha value is -6.58. The van der Waals surface area contributed by atoms with Crippen molar-refractivity contribution in [1.82, 2.24) is 35.7 Å². The van der Waals surface area contributed by atoms with Gasteiger partial charge in [0.25, 0.3) is 17.4 Å². The fourth-order valence-corrected chi connectivity index (χ4v) is 9.50. The Balaban J connectivity index is 0.948. The number of quaternary nitrogens is 1. The summed E-state index contributed by atoms with van der Waals surface area (Å²) in [6, 6.07) is 3.40. The molecule has 5 N–H and O–H groups in total. The highest BCUT2D eigenvalue weighted by Crippen LogP contribution is 2.42. The van der Waals surface area contributed by atoms with Crippen LogP contribution in [-0.4, -0.2) is 138 Å². The van der Waals surface area contributed by atoms with Gasteiger partial charge in [-0.05, 0) is 37.8 Å². The van der Waals surface area contributed by atoms with Crippen LogP contribution < -0.4 is 31.6 Å². The molecular weight excluding hydrogens is 900 g/mol. The van der Waals surface area contributed by atoms with Gasteiger partial charge in [-0.25, -0.2) is 14.2 Å². The van der Waals surface area contributed by atoms with E-state index >= 15 is 4.39 Å². The minimum absolute atomic E-state index is 0.00754. The van der Waals surface area contributed by atoms with E-state index in [9.17, 15) is 43.5 Å². The van der Waals surface area contributed by atoms with Crippen molar-refractivity contribution in [1.29, 1.82) is 0 Å². The number of piperidine rings is 1. The number of methoxy groups -OCH3 is 2. The van der Waals surface area contributed by atoms with Gasteiger partial charge >= 0.3 is 5.97 Å². The fraction of sp³-hybridized carbons (Fsp3) is 0.521. The normalized spacial score (nSPS) is 20.8. The summed E-state index contributed by atoms with van der Waals surface area (Å²) in [4.78, 5) is 108. The second kappa shape index (κ2) is 21.4. The van der Waals surface area contributed by atoms with Crippen molar-refractivity contribution < 1.29 is 61.8 Å². The van der Waals surface area contributed by atoms with Crippen molar-refractivity contribution in [3.05, 3.63) is 68.8 Å². The van der Waals surface area contributed by atoms with E-state index in [0.29, 0.717) is 72.3 Å². The molecule has 0 aliphatic carbocycles. The lowest BCUT2D eigenvalue weighted by molar-refractivity contribution is -0.927. The van der Waals surface area contributed by atoms with Crippen molar-refractivity contribution in [2.45, 2.75) is 102 Å². The Morgan fingerprint density at radius 2 is 1.68 bits per heavy atom. The molecule has 0 radical (unpaired) electrons. The van der Waals surface area contributed by atoms with Crippen molar-refractivity contribution in [3.8, 4) is 17.1 Å². The first kappa shape index (κ1) is 50.3. The first-order valence-electron chi connectivity index (χ1n) is 23.3. The fourth-order valence-electron chi connectivity index (χ4n) is 9.50. The number of rotatable bonds is 21. The van der Waals surface area contributed by atoms with Crippen LogP contribution in [0.2, 0.25) is 0 Å². The number of nitrogens with one attached hydrogen (secondary N) is 4. The third kappa shape index (κ3) is 11.0. The number of benzene rings is 1. The number of hydrogen-bond donors (Lipinski definition) is 5. The average Bonchev–Trinajstić information content (AvgIpc) is 3.86. The Bertz CT molecular complexity index is 2630. The van der Waals surface area contributed by atoms with Crippen LogP contribution in [-0.2, 0) is 68.3 Å². The molecule has 370 valence electrons. The van der Waals surface area contributed by atoms with Crippen LogP contribution in [0, 0.1) is 5.82 Å². The zero-order chi connectivity index (χ0) is 49.6. The number of carbonyl (C=O) groups excluding carboxylic acids is 7. The van der Waals surface area contributed by atoms with Crippen LogP contribution in [0.25, 0.3) is 22.3 Å². The van der Waals surface area contributed by atoms with Crippen LogP contribution in [0.4, 0.5) is 4.39 Å². The summed E-state index contributed by atoms with van der Waals surface area (Å²) in [7, 11) is 5.00. The Morgan fingerprint density at radius 1 is 0.957 bits per heavy atom. The molecule has 4 aliphatic rings. The van der Waals surface area contributed by atoms with Gasteiger partial charge in [-0.3, -0.25) is 38.5 Å². The average molecular weight is 960 g/mol. The van der Waals surface area contributed by atoms with E-state index in [1.165, 1.54) is 20.3 Å². The SMILES string of the molecule is CC[C@@]1(O)C(=O)OCc2c1cc1n(c2=O)Cc2c-1nc1cc(F)c(OC)cc1c2C[N+]1(C)CCC(NC(=O)CCCNC(=O)[C@H](CCC(=O)NCCOC)NC(=O)CCCN2C(=O)C=CC2=O)CC1. The highest BCUT2D eigenvalue weighted by atomic mass is 19.1. The van der Waals surface area contributed by atoms with Crippen molar-refractivity contribution >= 4 is 52.3 Å². The largest absolute Gasteiger partial charge is 0.494 e. The number of amides is 6. The number of nitrogens with zero attached hydrogens (tertiary/aromatic N) is 4. The number of esters is 1. The van der Waals surface area contributed by atoms with Gasteiger partial charge in [0.2, 0.25) is 23.6 Å². The van der Waals surface area contributed by atoms with Crippen molar-refractivity contribution in [3.63, 3.8) is 0 Å². The summed E-state index contributed by atoms with van der Waals surface area (Å²) in [6.07, 6.45) is 4.12. The number of halogens is 1. The number of likely N-dealkylation sites (tertiary alicyclic amines) is 1. The molecule has 4 aliphatic heterocycles. The van der Waals surface area contributed by atoms with E-state index in [4.69, 9.17) is 19.2 Å². The van der Waals surface area contributed by atoms with Gasteiger partial charge in [0, 0.05) is 105 Å². The lowest BCUT2D eigenvalue weighted by Gasteiger charge is -2.41. The Kier molecular flexibility index (Phi) is 15.6. The van der Waals surface area contributed by atoms with Crippen LogP contribution in [0.3, 0.4) is 0 Å². The molecule has 0 saturated carbocycles. The molecule has 0 unspecified atom stereocenters. The minimum Gasteiger partial charge on any atom is -0.494 e. The number of fused-ring (bicyclic) bond motifs is 5. The Labute approximate surface area is 397 Å². The molecular formula is C48H60FN8O12+. The van der Waals surface area contributed by atoms with Gasteiger partial charge in [0.05, 0.1) is 62.9 Å². The molecule has 7 rings (SSSR count). The maximum absolute atomic E-state index is 15.2. The lowest BCUT2D eigenvalue weighted by atomic mass is 9.86. The molecule has 0 spiro atoms. The number of aromatic nitrogens is 2. The predicted molar refractivity (Wildman–Crippen MR) is 245 cm³/mol. The topological polar surface area (TPSA) is 254 Å². The maximum Gasteiger partial charge on any atom is 0.343 e. The van der Waals surface area contributed by atoms with E-state index in [2.05, 4.69) is 28.3 Å². The van der Waals surface area contributed by atoms with Gasteiger partial charge in [-0.2, -0.15) is 0 Å². The molecule has 2 atom stereocenters. The molecule has 20 nitrogen and oxygen atoms in total. The highest BCUT2D eigenvalue weighted by Gasteiger charge is 2.46. The second-order valence-corrected chi connectivity index (χ2v) is 18.3. The molecule has 2 aromatic heterocycles. The molecule has 0 bridgehead atoms. The highest BCUT2D eigenvalue weighted by molar-refractivity contribution is 6.12. The van der Waals surface area contributed by atoms with Crippen LogP contribution >= 0.6 is 0 Å². The zero-order valence-electron chi connectivity index (χ0n) is 39.4. The van der Waals surface area contributed by atoms with Gasteiger partial charge < -0.3 is 49.6 Å². The summed E-state index contributed by atoms with van der Waals surface area (Å²) in [5, 5.41) is 23.3. The van der Waals surface area contributed by atoms with E-state index < -0.39 is 52.6 Å². The van der Waals surface area contributed by atoms with E-state index in [1.54, 1.807) is 23.6 Å². The third-order valence-corrected chi connectivity index (χ3v) is 13.5. The maximum atomic E-state index is 15.2. The van der Waals surface area contributed by atoms with Gasteiger partial charge in [-0.1, -0.05) is 6.92 Å². The summed E-state index contributed by atoms with van der Waals surface area (Å²) >= 11 is 0. The van der Waals surface area contributed by atoms with Gasteiger partial charge in [0.1, 0.15) is 19.2 Å². The molecule has 6 heterocycles. The Morgan fingerprint density at radius 3 is 2.38 bits per heavy atom. The van der Waals surface area contributed by atoms with E-state index in [1.807, 2.05) is 0 Å². The van der Waals surface area contributed by atoms with Gasteiger partial charge in [0.15, 0.2) is 17.2 Å². The van der Waals surface area contributed by atoms with Crippen LogP contribution in [0.1, 0.15) is 87.0 Å². The number of hydrogen-bond acceptors (Lipinski definition) is 13. The second-order valence-electron chi connectivity index (χ2n) is 18.3. The van der Waals surface area contributed by atoms with E-state index in [0.717, 1.165) is 28.2 Å². The summed E-state index contributed by atoms with van der Waals surface area (Å²) in [5.41, 5.74) is 0.848. The monoisotopic (exact) mass is 959 g/mol. The van der Waals surface area contributed by atoms with Crippen LogP contribution in [0.15, 0.2) is 35.1 Å². The quantitative estimate of drug-likeness (QED) is 0.0340. The molecule has 3 aromatic rings. The molecule has 1 saturated heterocycles. The molecule has 21 heteroatoms. The third-order valence-electron chi connectivity index (χ3n) is 13.5. The number of ether oxygens (including phenoxy) is 3. The predicted octanol–water partition coefficient (Wildman–Crippen LogP) is 1.08. The number of cyclic esters (lactones) is 1. The van der Waals surface area contributed by atoms with Crippen molar-refractivity contribution in [2.75, 3.05) is 60.6 Å². The number of aliphatic hydroxyl groups is 1. The van der Waals surface area contributed by atoms with E-state index in [-0.39, 0.29) is 106 Å². The van der Waals surface area contributed by atoms with Crippen molar-refractivity contribution in [2.24, 2.45) is 0 Å². The lowest BCUT2D eigenvalue weighted by Crippen LogP contribution is -2.53. The first-order valence-corrected chi connectivity index (χ1v) is 23.3. The van der Waals surface area contributed by atoms with Gasteiger partial charge in [-0.15, -0.1) is 0 Å². The summed E-state index contributed by atoms with van der Waals surface area (Å²) in [5.74, 6) is -3.82. The summed E-state index contributed by atoms with van der Waals surface area (Å²) in [6.45, 7) is 4.12. The summed E-state index contributed by atoms with van der Waals surface area (Å²) < 4.78 is 32.9. The van der Waals surface area contributed by atoms with Crippen LogP contribution in [0.5, 0.6) is 5.75 Å².